The standard InChI is InChI=1S/C18H14F3N3O4/c19-18(20,21)12-7-5-11(6-8-12)16(22)23-28-15(25)9-10-24-13-3-1-2-4-14(13)27-17(24)26/h1-8H,9-10H2,(H2,22,23). The van der Waals surface area contributed by atoms with Gasteiger partial charge in [-0.05, 0) is 24.3 Å². The van der Waals surface area contributed by atoms with Crippen molar-refractivity contribution in [2.75, 3.05) is 0 Å². The van der Waals surface area contributed by atoms with Crippen molar-refractivity contribution in [3.05, 3.63) is 70.2 Å². The van der Waals surface area contributed by atoms with Crippen LogP contribution in [0.15, 0.2) is 62.9 Å². The molecule has 0 saturated carbocycles. The van der Waals surface area contributed by atoms with Crippen LogP contribution in [0.25, 0.3) is 11.1 Å². The van der Waals surface area contributed by atoms with E-state index in [9.17, 15) is 22.8 Å². The average Bonchev–Trinajstić information content (AvgIpc) is 2.99. The second-order valence-corrected chi connectivity index (χ2v) is 5.75. The number of aryl methyl sites for hydroxylation is 1. The molecule has 0 spiro atoms. The number of amidine groups is 1. The number of oxazole rings is 1. The van der Waals surface area contributed by atoms with E-state index in [1.165, 1.54) is 4.57 Å². The molecule has 10 heteroatoms. The highest BCUT2D eigenvalue weighted by atomic mass is 19.4. The van der Waals surface area contributed by atoms with E-state index in [-0.39, 0.29) is 24.4 Å². The Morgan fingerprint density at radius 3 is 2.50 bits per heavy atom. The van der Waals surface area contributed by atoms with Gasteiger partial charge in [0.1, 0.15) is 0 Å². The van der Waals surface area contributed by atoms with Crippen LogP contribution in [-0.2, 0) is 22.4 Å². The van der Waals surface area contributed by atoms with Gasteiger partial charge in [0.25, 0.3) is 0 Å². The van der Waals surface area contributed by atoms with Crippen LogP contribution in [0.1, 0.15) is 17.5 Å². The van der Waals surface area contributed by atoms with Crippen LogP contribution in [0.5, 0.6) is 0 Å². The number of fused-ring (bicyclic) bond motifs is 1. The Morgan fingerprint density at radius 2 is 1.82 bits per heavy atom. The van der Waals surface area contributed by atoms with E-state index in [1.807, 2.05) is 0 Å². The Balaban J connectivity index is 1.61. The number of hydrogen-bond donors (Lipinski definition) is 1. The molecule has 0 aliphatic carbocycles. The van der Waals surface area contributed by atoms with E-state index in [4.69, 9.17) is 10.2 Å². The van der Waals surface area contributed by atoms with Gasteiger partial charge in [0, 0.05) is 12.1 Å². The lowest BCUT2D eigenvalue weighted by Crippen LogP contribution is -2.18. The summed E-state index contributed by atoms with van der Waals surface area (Å²) in [6.07, 6.45) is -4.65. The summed E-state index contributed by atoms with van der Waals surface area (Å²) in [6, 6.07) is 10.7. The second kappa shape index (κ2) is 7.59. The molecule has 0 aliphatic rings. The zero-order valence-corrected chi connectivity index (χ0v) is 14.3. The molecule has 0 bridgehead atoms. The molecule has 0 radical (unpaired) electrons. The van der Waals surface area contributed by atoms with Crippen molar-refractivity contribution in [3.8, 4) is 0 Å². The Bertz CT molecular complexity index is 1080. The minimum atomic E-state index is -4.47. The molecule has 3 rings (SSSR count). The van der Waals surface area contributed by atoms with Gasteiger partial charge in [-0.15, -0.1) is 0 Å². The molecular formula is C18H14F3N3O4. The molecule has 2 aromatic carbocycles. The number of halogens is 3. The van der Waals surface area contributed by atoms with E-state index in [0.29, 0.717) is 11.1 Å². The first-order valence-electron chi connectivity index (χ1n) is 8.05. The summed E-state index contributed by atoms with van der Waals surface area (Å²) in [5, 5.41) is 3.42. The van der Waals surface area contributed by atoms with Crippen molar-refractivity contribution in [1.29, 1.82) is 0 Å². The number of nitrogens with zero attached hydrogens (tertiary/aromatic N) is 2. The number of aromatic nitrogens is 1. The van der Waals surface area contributed by atoms with E-state index in [2.05, 4.69) is 9.99 Å². The molecule has 0 atom stereocenters. The first kappa shape index (κ1) is 19.2. The van der Waals surface area contributed by atoms with Gasteiger partial charge in [-0.25, -0.2) is 9.59 Å². The lowest BCUT2D eigenvalue weighted by Gasteiger charge is -2.07. The summed E-state index contributed by atoms with van der Waals surface area (Å²) in [5.74, 6) is -1.64. The van der Waals surface area contributed by atoms with Crippen molar-refractivity contribution in [2.24, 2.45) is 10.9 Å². The third-order valence-electron chi connectivity index (χ3n) is 3.87. The third kappa shape index (κ3) is 4.22. The molecule has 7 nitrogen and oxygen atoms in total. The van der Waals surface area contributed by atoms with Gasteiger partial charge in [-0.3, -0.25) is 4.57 Å². The van der Waals surface area contributed by atoms with Crippen LogP contribution < -0.4 is 11.5 Å². The van der Waals surface area contributed by atoms with Gasteiger partial charge >= 0.3 is 17.9 Å². The number of benzene rings is 2. The summed E-state index contributed by atoms with van der Waals surface area (Å²) < 4.78 is 43.9. The lowest BCUT2D eigenvalue weighted by molar-refractivity contribution is -0.144. The minimum absolute atomic E-state index is 0.00435. The van der Waals surface area contributed by atoms with Crippen LogP contribution in [0.4, 0.5) is 13.2 Å². The number of para-hydroxylation sites is 2. The number of nitrogens with two attached hydrogens (primary N) is 1. The monoisotopic (exact) mass is 393 g/mol. The highest BCUT2D eigenvalue weighted by Gasteiger charge is 2.30. The molecule has 3 aromatic rings. The van der Waals surface area contributed by atoms with Crippen molar-refractivity contribution >= 4 is 22.9 Å². The van der Waals surface area contributed by atoms with E-state index in [0.717, 1.165) is 24.3 Å². The maximum Gasteiger partial charge on any atom is 0.419 e. The molecule has 146 valence electrons. The summed E-state index contributed by atoms with van der Waals surface area (Å²) in [5.41, 5.74) is 5.87. The molecule has 1 heterocycles. The molecule has 28 heavy (non-hydrogen) atoms. The number of rotatable bonds is 5. The molecule has 0 amide bonds. The normalized spacial score (nSPS) is 12.3. The van der Waals surface area contributed by atoms with Gasteiger partial charge in [0.15, 0.2) is 11.4 Å². The third-order valence-corrected chi connectivity index (χ3v) is 3.87. The lowest BCUT2D eigenvalue weighted by atomic mass is 10.1. The van der Waals surface area contributed by atoms with Gasteiger partial charge < -0.3 is 15.0 Å². The quantitative estimate of drug-likeness (QED) is 0.311. The number of carbonyl (C=O) groups is 1. The largest absolute Gasteiger partial charge is 0.419 e. The zero-order chi connectivity index (χ0) is 20.3. The summed E-state index contributed by atoms with van der Waals surface area (Å²) in [4.78, 5) is 28.3. The first-order chi connectivity index (χ1) is 13.3. The maximum atomic E-state index is 12.5. The highest BCUT2D eigenvalue weighted by Crippen LogP contribution is 2.29. The minimum Gasteiger partial charge on any atom is -0.408 e. The van der Waals surface area contributed by atoms with Crippen molar-refractivity contribution in [2.45, 2.75) is 19.1 Å². The van der Waals surface area contributed by atoms with E-state index in [1.54, 1.807) is 24.3 Å². The highest BCUT2D eigenvalue weighted by molar-refractivity contribution is 5.97. The predicted octanol–water partition coefficient (Wildman–Crippen LogP) is 2.87. The summed E-state index contributed by atoms with van der Waals surface area (Å²) in [7, 11) is 0. The number of oxime groups is 1. The average molecular weight is 393 g/mol. The van der Waals surface area contributed by atoms with Crippen LogP contribution >= 0.6 is 0 Å². The Morgan fingerprint density at radius 1 is 1.14 bits per heavy atom. The maximum absolute atomic E-state index is 12.5. The van der Waals surface area contributed by atoms with Crippen molar-refractivity contribution in [3.63, 3.8) is 0 Å². The van der Waals surface area contributed by atoms with Crippen LogP contribution in [0.2, 0.25) is 0 Å². The Kier molecular flexibility index (Phi) is 5.21. The van der Waals surface area contributed by atoms with Gasteiger partial charge in [-0.2, -0.15) is 13.2 Å². The molecule has 0 aliphatic heterocycles. The second-order valence-electron chi connectivity index (χ2n) is 5.75. The van der Waals surface area contributed by atoms with Gasteiger partial charge in [0.2, 0.25) is 0 Å². The smallest absolute Gasteiger partial charge is 0.408 e. The topological polar surface area (TPSA) is 99.8 Å². The number of carbonyl (C=O) groups excluding carboxylic acids is 1. The van der Waals surface area contributed by atoms with Crippen molar-refractivity contribution in [1.82, 2.24) is 4.57 Å². The van der Waals surface area contributed by atoms with Crippen LogP contribution in [0.3, 0.4) is 0 Å². The number of alkyl halides is 3. The molecule has 2 N–H and O–H groups in total. The molecule has 0 saturated heterocycles. The fourth-order valence-electron chi connectivity index (χ4n) is 2.46. The molecule has 1 aromatic heterocycles. The first-order valence-corrected chi connectivity index (χ1v) is 8.05. The van der Waals surface area contributed by atoms with E-state index < -0.39 is 23.5 Å². The summed E-state index contributed by atoms with van der Waals surface area (Å²) in [6.45, 7) is 0.00435. The molecule has 0 fully saturated rings. The Hall–Kier alpha value is -3.56. The fourth-order valence-corrected chi connectivity index (χ4v) is 2.46. The van der Waals surface area contributed by atoms with E-state index >= 15 is 0 Å². The van der Waals surface area contributed by atoms with Gasteiger partial charge in [0.05, 0.1) is 17.5 Å². The summed E-state index contributed by atoms with van der Waals surface area (Å²) >= 11 is 0. The van der Waals surface area contributed by atoms with Gasteiger partial charge in [-0.1, -0.05) is 29.4 Å². The van der Waals surface area contributed by atoms with Crippen LogP contribution in [-0.4, -0.2) is 16.4 Å². The Labute approximate surface area is 155 Å². The fraction of sp³-hybridized carbons (Fsp3) is 0.167. The predicted molar refractivity (Wildman–Crippen MR) is 93.4 cm³/mol. The molecule has 0 unspecified atom stereocenters. The van der Waals surface area contributed by atoms with Crippen LogP contribution in [0, 0.1) is 0 Å². The SMILES string of the molecule is NC(=NOC(=O)CCn1c(=O)oc2ccccc21)c1ccc(C(F)(F)F)cc1. The zero-order valence-electron chi connectivity index (χ0n) is 14.3. The van der Waals surface area contributed by atoms with Crippen molar-refractivity contribution < 1.29 is 27.2 Å². The number of hydrogen-bond acceptors (Lipinski definition) is 5. The molecular weight excluding hydrogens is 379 g/mol.